The summed E-state index contributed by atoms with van der Waals surface area (Å²) >= 11 is 17.3. The summed E-state index contributed by atoms with van der Waals surface area (Å²) in [6.07, 6.45) is 1.93. The van der Waals surface area contributed by atoms with Crippen LogP contribution in [-0.4, -0.2) is 51.0 Å². The Morgan fingerprint density at radius 3 is 2.65 bits per heavy atom. The van der Waals surface area contributed by atoms with E-state index in [1.165, 1.54) is 6.54 Å². The Morgan fingerprint density at radius 1 is 1.17 bits per heavy atom. The first-order valence-electron chi connectivity index (χ1n) is 8.02. The van der Waals surface area contributed by atoms with Gasteiger partial charge in [-0.3, -0.25) is 0 Å². The van der Waals surface area contributed by atoms with Crippen LogP contribution in [0.3, 0.4) is 0 Å². The van der Waals surface area contributed by atoms with Crippen molar-refractivity contribution in [1.82, 2.24) is 10.6 Å². The van der Waals surface area contributed by atoms with Crippen LogP contribution < -0.4 is 15.5 Å². The highest BCUT2D eigenvalue weighted by Gasteiger charge is 2.12. The highest BCUT2D eigenvalue weighted by Crippen LogP contribution is 2.20. The first-order chi connectivity index (χ1) is 11.1. The molecule has 1 aliphatic rings. The third kappa shape index (κ3) is 7.23. The van der Waals surface area contributed by atoms with Gasteiger partial charge in [0.25, 0.3) is 0 Å². The van der Waals surface area contributed by atoms with Crippen molar-refractivity contribution in [3.05, 3.63) is 33.8 Å². The molecule has 0 atom stereocenters. The van der Waals surface area contributed by atoms with Gasteiger partial charge in [-0.1, -0.05) is 29.3 Å². The van der Waals surface area contributed by atoms with Crippen LogP contribution in [0.25, 0.3) is 0 Å². The van der Waals surface area contributed by atoms with Gasteiger partial charge in [0.05, 0.1) is 19.8 Å². The SMILES string of the molecule is S=C(NCCC[NH+]1CCOCC1)NCCc1ccc(Cl)cc1Cl. The van der Waals surface area contributed by atoms with Crippen molar-refractivity contribution in [3.8, 4) is 0 Å². The van der Waals surface area contributed by atoms with Crippen molar-refractivity contribution in [1.29, 1.82) is 0 Å². The number of thiocarbonyl (C=S) groups is 1. The lowest BCUT2D eigenvalue weighted by Crippen LogP contribution is -3.14. The molecule has 2 rings (SSSR count). The van der Waals surface area contributed by atoms with E-state index >= 15 is 0 Å². The molecule has 1 aromatic carbocycles. The number of morpholine rings is 1. The number of quaternary nitrogens is 1. The quantitative estimate of drug-likeness (QED) is 0.495. The molecule has 4 nitrogen and oxygen atoms in total. The van der Waals surface area contributed by atoms with Crippen LogP contribution in [0.1, 0.15) is 12.0 Å². The minimum Gasteiger partial charge on any atom is -0.370 e. The standard InChI is InChI=1S/C16H23Cl2N3OS/c17-14-3-2-13(15(18)12-14)4-6-20-16(23)19-5-1-7-21-8-10-22-11-9-21/h2-3,12H,1,4-11H2,(H2,19,20,23)/p+1. The van der Waals surface area contributed by atoms with E-state index in [0.29, 0.717) is 15.2 Å². The number of halogens is 2. The van der Waals surface area contributed by atoms with Gasteiger partial charge < -0.3 is 20.3 Å². The first-order valence-corrected chi connectivity index (χ1v) is 9.18. The van der Waals surface area contributed by atoms with Gasteiger partial charge in [-0.15, -0.1) is 0 Å². The lowest BCUT2D eigenvalue weighted by Gasteiger charge is -2.23. The zero-order valence-corrected chi connectivity index (χ0v) is 15.5. The van der Waals surface area contributed by atoms with Crippen LogP contribution in [0, 0.1) is 0 Å². The zero-order chi connectivity index (χ0) is 16.5. The molecule has 0 spiro atoms. The summed E-state index contributed by atoms with van der Waals surface area (Å²) in [5.41, 5.74) is 1.07. The van der Waals surface area contributed by atoms with Crippen LogP contribution in [-0.2, 0) is 11.2 Å². The Labute approximate surface area is 153 Å². The molecule has 128 valence electrons. The normalized spacial score (nSPS) is 15.4. The molecule has 1 aromatic rings. The summed E-state index contributed by atoms with van der Waals surface area (Å²) in [7, 11) is 0. The Hall–Kier alpha value is -0.590. The summed E-state index contributed by atoms with van der Waals surface area (Å²) in [4.78, 5) is 1.62. The van der Waals surface area contributed by atoms with E-state index in [-0.39, 0.29) is 0 Å². The molecule has 0 bridgehead atoms. The van der Waals surface area contributed by atoms with Crippen LogP contribution in [0.15, 0.2) is 18.2 Å². The molecule has 3 N–H and O–H groups in total. The van der Waals surface area contributed by atoms with Gasteiger partial charge >= 0.3 is 0 Å². The topological polar surface area (TPSA) is 37.7 Å². The Bertz CT molecular complexity index is 510. The van der Waals surface area contributed by atoms with E-state index in [1.807, 2.05) is 12.1 Å². The van der Waals surface area contributed by atoms with Crippen molar-refractivity contribution in [2.45, 2.75) is 12.8 Å². The molecule has 0 radical (unpaired) electrons. The fourth-order valence-electron chi connectivity index (χ4n) is 2.55. The third-order valence-corrected chi connectivity index (χ3v) is 4.76. The molecule has 1 saturated heterocycles. The minimum atomic E-state index is 0.659. The lowest BCUT2D eigenvalue weighted by molar-refractivity contribution is -0.908. The maximum atomic E-state index is 6.15. The molecule has 0 unspecified atom stereocenters. The molecular weight excluding hydrogens is 353 g/mol. The summed E-state index contributed by atoms with van der Waals surface area (Å²) in [5.74, 6) is 0. The van der Waals surface area contributed by atoms with Crippen LogP contribution in [0.2, 0.25) is 10.0 Å². The average molecular weight is 377 g/mol. The molecule has 1 aliphatic heterocycles. The lowest BCUT2D eigenvalue weighted by atomic mass is 10.1. The highest BCUT2D eigenvalue weighted by atomic mass is 35.5. The van der Waals surface area contributed by atoms with Gasteiger partial charge in [-0.2, -0.15) is 0 Å². The second-order valence-electron chi connectivity index (χ2n) is 5.63. The van der Waals surface area contributed by atoms with Gasteiger partial charge in [0.15, 0.2) is 5.11 Å². The Balaban J connectivity index is 1.54. The van der Waals surface area contributed by atoms with Gasteiger partial charge in [0, 0.05) is 29.6 Å². The number of hydrogen-bond donors (Lipinski definition) is 3. The van der Waals surface area contributed by atoms with Gasteiger partial charge in [0.1, 0.15) is 13.1 Å². The molecule has 0 aromatic heterocycles. The maximum absolute atomic E-state index is 6.15. The average Bonchev–Trinajstić information content (AvgIpc) is 2.55. The molecule has 0 amide bonds. The monoisotopic (exact) mass is 376 g/mol. The van der Waals surface area contributed by atoms with Crippen LogP contribution >= 0.6 is 35.4 Å². The van der Waals surface area contributed by atoms with E-state index in [4.69, 9.17) is 40.2 Å². The van der Waals surface area contributed by atoms with E-state index in [2.05, 4.69) is 10.6 Å². The molecule has 0 saturated carbocycles. The van der Waals surface area contributed by atoms with Crippen molar-refractivity contribution >= 4 is 40.5 Å². The van der Waals surface area contributed by atoms with Gasteiger partial charge in [0.2, 0.25) is 0 Å². The van der Waals surface area contributed by atoms with Crippen molar-refractivity contribution in [3.63, 3.8) is 0 Å². The number of benzene rings is 1. The van der Waals surface area contributed by atoms with Crippen LogP contribution in [0.5, 0.6) is 0 Å². The highest BCUT2D eigenvalue weighted by molar-refractivity contribution is 7.80. The Kier molecular flexibility index (Phi) is 8.40. The predicted octanol–water partition coefficient (Wildman–Crippen LogP) is 1.31. The van der Waals surface area contributed by atoms with Crippen molar-refractivity contribution < 1.29 is 9.64 Å². The summed E-state index contributed by atoms with van der Waals surface area (Å²) in [5, 5.41) is 8.53. The Morgan fingerprint density at radius 2 is 1.91 bits per heavy atom. The maximum Gasteiger partial charge on any atom is 0.166 e. The summed E-state index contributed by atoms with van der Waals surface area (Å²) in [6.45, 7) is 6.82. The summed E-state index contributed by atoms with van der Waals surface area (Å²) in [6, 6.07) is 5.57. The fraction of sp³-hybridized carbons (Fsp3) is 0.562. The van der Waals surface area contributed by atoms with Gasteiger partial charge in [-0.25, -0.2) is 0 Å². The van der Waals surface area contributed by atoms with E-state index in [9.17, 15) is 0 Å². The molecule has 23 heavy (non-hydrogen) atoms. The molecule has 7 heteroatoms. The van der Waals surface area contributed by atoms with Gasteiger partial charge in [-0.05, 0) is 36.3 Å². The molecule has 0 aliphatic carbocycles. The van der Waals surface area contributed by atoms with Crippen molar-refractivity contribution in [2.75, 3.05) is 45.9 Å². The molecule has 1 heterocycles. The fourth-order valence-corrected chi connectivity index (χ4v) is 3.26. The zero-order valence-electron chi connectivity index (χ0n) is 13.2. The van der Waals surface area contributed by atoms with E-state index in [0.717, 1.165) is 57.8 Å². The number of hydrogen-bond acceptors (Lipinski definition) is 2. The molecular formula is C16H24Cl2N3OS+. The summed E-state index contributed by atoms with van der Waals surface area (Å²) < 4.78 is 5.36. The smallest absolute Gasteiger partial charge is 0.166 e. The van der Waals surface area contributed by atoms with E-state index < -0.39 is 0 Å². The second-order valence-corrected chi connectivity index (χ2v) is 6.89. The largest absolute Gasteiger partial charge is 0.370 e. The first kappa shape index (κ1) is 18.7. The minimum absolute atomic E-state index is 0.659. The predicted molar refractivity (Wildman–Crippen MR) is 99.8 cm³/mol. The van der Waals surface area contributed by atoms with E-state index in [1.54, 1.807) is 11.0 Å². The second kappa shape index (κ2) is 10.3. The number of nitrogens with one attached hydrogen (secondary N) is 3. The van der Waals surface area contributed by atoms with Crippen LogP contribution in [0.4, 0.5) is 0 Å². The molecule has 1 fully saturated rings. The number of rotatable bonds is 7. The van der Waals surface area contributed by atoms with Crippen molar-refractivity contribution in [2.24, 2.45) is 0 Å². The third-order valence-electron chi connectivity index (χ3n) is 3.89. The number of ether oxygens (including phenoxy) is 1.